The second kappa shape index (κ2) is 5.84. The van der Waals surface area contributed by atoms with Crippen LogP contribution >= 0.6 is 27.5 Å². The van der Waals surface area contributed by atoms with Gasteiger partial charge in [-0.05, 0) is 31.5 Å². The van der Waals surface area contributed by atoms with Crippen LogP contribution in [0.25, 0.3) is 0 Å². The first kappa shape index (κ1) is 14.2. The summed E-state index contributed by atoms with van der Waals surface area (Å²) in [5.41, 5.74) is 8.35. The zero-order valence-corrected chi connectivity index (χ0v) is 13.2. The van der Waals surface area contributed by atoms with Crippen LogP contribution < -0.4 is 11.1 Å². The third-order valence-electron chi connectivity index (χ3n) is 2.79. The van der Waals surface area contributed by atoms with Gasteiger partial charge in [0, 0.05) is 11.0 Å². The lowest BCUT2D eigenvalue weighted by Gasteiger charge is -2.11. The first-order chi connectivity index (χ1) is 9.02. The summed E-state index contributed by atoms with van der Waals surface area (Å²) in [4.78, 5) is 0. The quantitative estimate of drug-likeness (QED) is 0.868. The molecule has 0 spiro atoms. The van der Waals surface area contributed by atoms with Crippen molar-refractivity contribution >= 4 is 44.7 Å². The van der Waals surface area contributed by atoms with Gasteiger partial charge in [0.25, 0.3) is 0 Å². The van der Waals surface area contributed by atoms with Gasteiger partial charge in [0.05, 0.1) is 22.1 Å². The third kappa shape index (κ3) is 3.04. The number of hydrogen-bond donors (Lipinski definition) is 2. The van der Waals surface area contributed by atoms with Crippen LogP contribution in [0.5, 0.6) is 0 Å². The summed E-state index contributed by atoms with van der Waals surface area (Å²) in [6, 6.07) is 5.64. The lowest BCUT2D eigenvalue weighted by Crippen LogP contribution is -2.06. The van der Waals surface area contributed by atoms with E-state index in [1.807, 2.05) is 29.8 Å². The van der Waals surface area contributed by atoms with Crippen molar-refractivity contribution in [1.82, 2.24) is 9.78 Å². The zero-order chi connectivity index (χ0) is 14.0. The van der Waals surface area contributed by atoms with E-state index in [0.717, 1.165) is 34.6 Å². The van der Waals surface area contributed by atoms with Crippen molar-refractivity contribution in [2.24, 2.45) is 0 Å². The van der Waals surface area contributed by atoms with E-state index in [1.54, 1.807) is 0 Å². The number of anilines is 3. The van der Waals surface area contributed by atoms with E-state index in [1.165, 1.54) is 0 Å². The van der Waals surface area contributed by atoms with E-state index in [0.29, 0.717) is 10.7 Å². The van der Waals surface area contributed by atoms with Crippen molar-refractivity contribution in [3.8, 4) is 0 Å². The van der Waals surface area contributed by atoms with Crippen molar-refractivity contribution in [2.45, 2.75) is 26.8 Å². The molecule has 102 valence electrons. The summed E-state index contributed by atoms with van der Waals surface area (Å²) in [6.45, 7) is 4.81. The Balaban J connectivity index is 2.39. The highest BCUT2D eigenvalue weighted by atomic mass is 79.9. The number of rotatable bonds is 4. The number of hydrogen-bond acceptors (Lipinski definition) is 3. The van der Waals surface area contributed by atoms with Crippen LogP contribution in [-0.2, 0) is 6.54 Å². The fourth-order valence-corrected chi connectivity index (χ4v) is 2.35. The topological polar surface area (TPSA) is 55.9 Å². The predicted molar refractivity (Wildman–Crippen MR) is 84.1 cm³/mol. The van der Waals surface area contributed by atoms with Gasteiger partial charge < -0.3 is 11.1 Å². The Morgan fingerprint density at radius 3 is 2.89 bits per heavy atom. The standard InChI is InChI=1S/C13H16BrClN4/c1-3-6-19-13(12(16)8(2)18-19)17-11-7-9(14)4-5-10(11)15/h4-5,7,17H,3,6,16H2,1-2H3. The van der Waals surface area contributed by atoms with Gasteiger partial charge in [-0.25, -0.2) is 4.68 Å². The lowest BCUT2D eigenvalue weighted by atomic mass is 10.3. The number of nitrogen functional groups attached to an aromatic ring is 1. The summed E-state index contributed by atoms with van der Waals surface area (Å²) in [7, 11) is 0. The molecule has 6 heteroatoms. The fraction of sp³-hybridized carbons (Fsp3) is 0.308. The second-order valence-electron chi connectivity index (χ2n) is 4.32. The van der Waals surface area contributed by atoms with Crippen LogP contribution in [0.2, 0.25) is 5.02 Å². The number of benzene rings is 1. The van der Waals surface area contributed by atoms with E-state index in [-0.39, 0.29) is 0 Å². The summed E-state index contributed by atoms with van der Waals surface area (Å²) in [6.07, 6.45) is 0.988. The molecule has 3 N–H and O–H groups in total. The van der Waals surface area contributed by atoms with Gasteiger partial charge >= 0.3 is 0 Å². The third-order valence-corrected chi connectivity index (χ3v) is 3.61. The number of aryl methyl sites for hydroxylation is 2. The van der Waals surface area contributed by atoms with Gasteiger partial charge in [0.2, 0.25) is 0 Å². The van der Waals surface area contributed by atoms with Gasteiger partial charge in [0.15, 0.2) is 5.82 Å². The highest BCUT2D eigenvalue weighted by Crippen LogP contribution is 2.32. The molecule has 4 nitrogen and oxygen atoms in total. The van der Waals surface area contributed by atoms with Crippen molar-refractivity contribution in [2.75, 3.05) is 11.1 Å². The van der Waals surface area contributed by atoms with E-state index >= 15 is 0 Å². The molecule has 2 aromatic rings. The Morgan fingerprint density at radius 2 is 2.21 bits per heavy atom. The molecule has 0 aliphatic heterocycles. The molecule has 1 aromatic heterocycles. The van der Waals surface area contributed by atoms with Gasteiger partial charge in [-0.1, -0.05) is 34.5 Å². The molecule has 2 rings (SSSR count). The van der Waals surface area contributed by atoms with E-state index in [9.17, 15) is 0 Å². The summed E-state index contributed by atoms with van der Waals surface area (Å²) < 4.78 is 2.83. The van der Waals surface area contributed by atoms with Crippen LogP contribution in [0, 0.1) is 6.92 Å². The summed E-state index contributed by atoms with van der Waals surface area (Å²) >= 11 is 9.61. The Morgan fingerprint density at radius 1 is 1.47 bits per heavy atom. The first-order valence-corrected chi connectivity index (χ1v) is 7.25. The molecule has 0 fully saturated rings. The lowest BCUT2D eigenvalue weighted by molar-refractivity contribution is 0.605. The Kier molecular flexibility index (Phi) is 4.37. The molecule has 0 unspecified atom stereocenters. The van der Waals surface area contributed by atoms with Gasteiger partial charge in [-0.3, -0.25) is 0 Å². The highest BCUT2D eigenvalue weighted by Gasteiger charge is 2.13. The van der Waals surface area contributed by atoms with Crippen molar-refractivity contribution < 1.29 is 0 Å². The molecule has 0 saturated carbocycles. The predicted octanol–water partition coefficient (Wildman–Crippen LogP) is 4.34. The molecule has 0 saturated heterocycles. The number of nitrogens with two attached hydrogens (primary N) is 1. The Labute approximate surface area is 126 Å². The molecular weight excluding hydrogens is 328 g/mol. The average Bonchev–Trinajstić information content (AvgIpc) is 2.62. The number of nitrogens with zero attached hydrogens (tertiary/aromatic N) is 2. The number of aromatic nitrogens is 2. The smallest absolute Gasteiger partial charge is 0.152 e. The maximum absolute atomic E-state index is 6.18. The van der Waals surface area contributed by atoms with Crippen LogP contribution in [0.3, 0.4) is 0 Å². The minimum atomic E-state index is 0.643. The average molecular weight is 344 g/mol. The van der Waals surface area contributed by atoms with Crippen molar-refractivity contribution in [1.29, 1.82) is 0 Å². The van der Waals surface area contributed by atoms with E-state index < -0.39 is 0 Å². The fourth-order valence-electron chi connectivity index (χ4n) is 1.82. The SMILES string of the molecule is CCCn1nc(C)c(N)c1Nc1cc(Br)ccc1Cl. The van der Waals surface area contributed by atoms with E-state index in [4.69, 9.17) is 17.3 Å². The normalized spacial score (nSPS) is 10.7. The molecule has 0 atom stereocenters. The van der Waals surface area contributed by atoms with Crippen LogP contribution in [0.4, 0.5) is 17.2 Å². The molecule has 0 bridgehead atoms. The highest BCUT2D eigenvalue weighted by molar-refractivity contribution is 9.10. The minimum Gasteiger partial charge on any atom is -0.394 e. The van der Waals surface area contributed by atoms with Crippen molar-refractivity contribution in [3.05, 3.63) is 33.4 Å². The van der Waals surface area contributed by atoms with E-state index in [2.05, 4.69) is 33.3 Å². The second-order valence-corrected chi connectivity index (χ2v) is 5.64. The first-order valence-electron chi connectivity index (χ1n) is 6.08. The van der Waals surface area contributed by atoms with Gasteiger partial charge in [-0.15, -0.1) is 0 Å². The van der Waals surface area contributed by atoms with Gasteiger partial charge in [0.1, 0.15) is 0 Å². The molecule has 19 heavy (non-hydrogen) atoms. The van der Waals surface area contributed by atoms with Gasteiger partial charge in [-0.2, -0.15) is 5.10 Å². The minimum absolute atomic E-state index is 0.643. The maximum atomic E-state index is 6.18. The molecule has 0 radical (unpaired) electrons. The van der Waals surface area contributed by atoms with Crippen LogP contribution in [-0.4, -0.2) is 9.78 Å². The maximum Gasteiger partial charge on any atom is 0.152 e. The number of nitrogens with one attached hydrogen (secondary N) is 1. The molecule has 1 aromatic carbocycles. The van der Waals surface area contributed by atoms with Crippen LogP contribution in [0.1, 0.15) is 19.0 Å². The van der Waals surface area contributed by atoms with Crippen molar-refractivity contribution in [3.63, 3.8) is 0 Å². The summed E-state index contributed by atoms with van der Waals surface area (Å²) in [5.74, 6) is 0.791. The Hall–Kier alpha value is -1.20. The summed E-state index contributed by atoms with van der Waals surface area (Å²) in [5, 5.41) is 8.33. The Bertz CT molecular complexity index is 595. The number of halogens is 2. The van der Waals surface area contributed by atoms with Crippen LogP contribution in [0.15, 0.2) is 22.7 Å². The molecule has 0 aliphatic carbocycles. The molecule has 0 amide bonds. The largest absolute Gasteiger partial charge is 0.394 e. The molecule has 0 aliphatic rings. The zero-order valence-electron chi connectivity index (χ0n) is 10.9. The molecular formula is C13H16BrClN4. The monoisotopic (exact) mass is 342 g/mol. The molecule has 1 heterocycles.